The smallest absolute Gasteiger partial charge is 0.164 e. The first kappa shape index (κ1) is 12.7. The highest BCUT2D eigenvalue weighted by molar-refractivity contribution is 5.47. The number of rotatable bonds is 3. The van der Waals surface area contributed by atoms with E-state index >= 15 is 0 Å². The van der Waals surface area contributed by atoms with E-state index in [1.807, 2.05) is 18.2 Å². The highest BCUT2D eigenvalue weighted by atomic mass is 16.5. The number of hydrogen-bond acceptors (Lipinski definition) is 5. The number of nitrogens with two attached hydrogens (primary N) is 1. The summed E-state index contributed by atoms with van der Waals surface area (Å²) in [5.41, 5.74) is 7.82. The lowest BCUT2D eigenvalue weighted by Crippen LogP contribution is -2.23. The second-order valence-corrected chi connectivity index (χ2v) is 4.97. The Bertz CT molecular complexity index is 616. The van der Waals surface area contributed by atoms with Crippen molar-refractivity contribution in [1.29, 1.82) is 0 Å². The molecule has 0 spiro atoms. The van der Waals surface area contributed by atoms with Gasteiger partial charge in [-0.15, -0.1) is 0 Å². The van der Waals surface area contributed by atoms with Crippen molar-refractivity contribution in [3.8, 4) is 11.5 Å². The number of nitrogen functional groups attached to an aromatic ring is 1. The number of nitrogens with zero attached hydrogens (tertiary/aromatic N) is 2. The Morgan fingerprint density at radius 3 is 3.10 bits per heavy atom. The minimum Gasteiger partial charge on any atom is -0.493 e. The van der Waals surface area contributed by atoms with Gasteiger partial charge in [-0.3, -0.25) is 0 Å². The normalized spacial score (nSPS) is 17.1. The van der Waals surface area contributed by atoms with Gasteiger partial charge < -0.3 is 15.2 Å². The zero-order valence-corrected chi connectivity index (χ0v) is 11.4. The Labute approximate surface area is 117 Å². The quantitative estimate of drug-likeness (QED) is 0.922. The van der Waals surface area contributed by atoms with Crippen molar-refractivity contribution in [2.24, 2.45) is 5.92 Å². The number of aromatic nitrogens is 2. The van der Waals surface area contributed by atoms with Gasteiger partial charge in [0.25, 0.3) is 0 Å². The predicted molar refractivity (Wildman–Crippen MR) is 75.8 cm³/mol. The first-order valence-electron chi connectivity index (χ1n) is 6.61. The topological polar surface area (TPSA) is 70.3 Å². The molecule has 2 N–H and O–H groups in total. The molecule has 5 nitrogen and oxygen atoms in total. The van der Waals surface area contributed by atoms with E-state index in [1.165, 1.54) is 11.9 Å². The van der Waals surface area contributed by atoms with E-state index in [1.54, 1.807) is 7.11 Å². The Hall–Kier alpha value is -2.30. The van der Waals surface area contributed by atoms with Gasteiger partial charge in [0.15, 0.2) is 11.5 Å². The van der Waals surface area contributed by atoms with Gasteiger partial charge in [-0.1, -0.05) is 12.1 Å². The molecule has 0 aliphatic carbocycles. The van der Waals surface area contributed by atoms with Crippen LogP contribution in [0.25, 0.3) is 0 Å². The van der Waals surface area contributed by atoms with Gasteiger partial charge in [0.05, 0.1) is 13.7 Å². The molecular weight excluding hydrogens is 254 g/mol. The van der Waals surface area contributed by atoms with Crippen LogP contribution in [-0.4, -0.2) is 23.7 Å². The van der Waals surface area contributed by atoms with Crippen molar-refractivity contribution in [3.05, 3.63) is 41.9 Å². The van der Waals surface area contributed by atoms with Crippen molar-refractivity contribution < 1.29 is 9.47 Å². The van der Waals surface area contributed by atoms with Gasteiger partial charge >= 0.3 is 0 Å². The Kier molecular flexibility index (Phi) is 3.41. The second kappa shape index (κ2) is 5.36. The van der Waals surface area contributed by atoms with Gasteiger partial charge in [-0.25, -0.2) is 9.97 Å². The van der Waals surface area contributed by atoms with Gasteiger partial charge in [0, 0.05) is 17.7 Å². The third-order valence-electron chi connectivity index (χ3n) is 3.49. The third kappa shape index (κ3) is 2.52. The molecule has 1 aromatic carbocycles. The van der Waals surface area contributed by atoms with Gasteiger partial charge in [0.1, 0.15) is 12.1 Å². The highest BCUT2D eigenvalue weighted by Gasteiger charge is 2.23. The molecule has 104 valence electrons. The zero-order valence-electron chi connectivity index (χ0n) is 11.4. The maximum Gasteiger partial charge on any atom is 0.164 e. The van der Waals surface area contributed by atoms with Crippen LogP contribution in [0.5, 0.6) is 11.5 Å². The summed E-state index contributed by atoms with van der Waals surface area (Å²) < 4.78 is 11.2. The summed E-state index contributed by atoms with van der Waals surface area (Å²) in [6, 6.07) is 7.82. The van der Waals surface area contributed by atoms with Crippen molar-refractivity contribution in [2.45, 2.75) is 12.8 Å². The summed E-state index contributed by atoms with van der Waals surface area (Å²) in [7, 11) is 1.66. The number of fused-ring (bicyclic) bond motifs is 1. The highest BCUT2D eigenvalue weighted by Crippen LogP contribution is 2.36. The molecule has 0 unspecified atom stereocenters. The first-order chi connectivity index (χ1) is 9.76. The summed E-state index contributed by atoms with van der Waals surface area (Å²) in [6.07, 6.45) is 3.30. The predicted octanol–water partition coefficient (Wildman–Crippen LogP) is 1.86. The van der Waals surface area contributed by atoms with Crippen molar-refractivity contribution in [2.75, 3.05) is 19.5 Å². The number of ether oxygens (including phenoxy) is 2. The summed E-state index contributed by atoms with van der Waals surface area (Å²) in [5.74, 6) is 2.57. The molecule has 0 fully saturated rings. The number of benzene rings is 1. The van der Waals surface area contributed by atoms with Gasteiger partial charge in [-0.2, -0.15) is 0 Å². The molecule has 0 saturated heterocycles. The molecule has 0 radical (unpaired) electrons. The standard InChI is InChI=1S/C15H17N3O2/c1-19-13-4-2-3-11-5-10(8-20-15(11)13)6-12-7-14(16)18-9-17-12/h2-4,7,9-10H,5-6,8H2,1H3,(H2,16,17,18)/t10-/m0/s1. The summed E-state index contributed by atoms with van der Waals surface area (Å²) in [5, 5.41) is 0. The van der Waals surface area contributed by atoms with E-state index in [4.69, 9.17) is 15.2 Å². The molecule has 0 amide bonds. The van der Waals surface area contributed by atoms with Crippen molar-refractivity contribution in [3.63, 3.8) is 0 Å². The van der Waals surface area contributed by atoms with E-state index < -0.39 is 0 Å². The minimum atomic E-state index is 0.393. The molecule has 0 bridgehead atoms. The van der Waals surface area contributed by atoms with E-state index in [-0.39, 0.29) is 0 Å². The van der Waals surface area contributed by atoms with Crippen LogP contribution in [0.15, 0.2) is 30.6 Å². The molecule has 2 heterocycles. The molecule has 2 aromatic rings. The third-order valence-corrected chi connectivity index (χ3v) is 3.49. The molecule has 1 aliphatic heterocycles. The van der Waals surface area contributed by atoms with Crippen LogP contribution in [0.4, 0.5) is 5.82 Å². The zero-order chi connectivity index (χ0) is 13.9. The lowest BCUT2D eigenvalue weighted by molar-refractivity contribution is 0.210. The van der Waals surface area contributed by atoms with Gasteiger partial charge in [0.2, 0.25) is 0 Å². The molecule has 1 atom stereocenters. The van der Waals surface area contributed by atoms with E-state index in [0.29, 0.717) is 18.3 Å². The SMILES string of the molecule is COc1cccc2c1OC[C@H](Cc1cc(N)ncn1)C2. The van der Waals surface area contributed by atoms with Crippen LogP contribution in [-0.2, 0) is 12.8 Å². The average molecular weight is 271 g/mol. The Morgan fingerprint density at radius 2 is 2.30 bits per heavy atom. The first-order valence-corrected chi connectivity index (χ1v) is 6.61. The van der Waals surface area contributed by atoms with Gasteiger partial charge in [-0.05, 0) is 24.5 Å². The molecule has 1 aliphatic rings. The molecule has 1 aromatic heterocycles. The fraction of sp³-hybridized carbons (Fsp3) is 0.333. The van der Waals surface area contributed by atoms with Crippen LogP contribution in [0.2, 0.25) is 0 Å². The second-order valence-electron chi connectivity index (χ2n) is 4.97. The summed E-state index contributed by atoms with van der Waals surface area (Å²) >= 11 is 0. The minimum absolute atomic E-state index is 0.393. The maximum absolute atomic E-state index is 5.86. The average Bonchev–Trinajstić information content (AvgIpc) is 2.46. The van der Waals surface area contributed by atoms with Crippen molar-refractivity contribution >= 4 is 5.82 Å². The number of hydrogen-bond donors (Lipinski definition) is 1. The Morgan fingerprint density at radius 1 is 1.40 bits per heavy atom. The van der Waals surface area contributed by atoms with Crippen LogP contribution in [0.1, 0.15) is 11.3 Å². The molecule has 0 saturated carbocycles. The number of methoxy groups -OCH3 is 1. The summed E-state index contributed by atoms with van der Waals surface area (Å²) in [6.45, 7) is 0.664. The Balaban J connectivity index is 1.76. The van der Waals surface area contributed by atoms with Crippen molar-refractivity contribution in [1.82, 2.24) is 9.97 Å². The molecule has 3 rings (SSSR count). The van der Waals surface area contributed by atoms with E-state index in [0.717, 1.165) is 30.0 Å². The molecule has 5 heteroatoms. The van der Waals surface area contributed by atoms with E-state index in [9.17, 15) is 0 Å². The maximum atomic E-state index is 5.86. The largest absolute Gasteiger partial charge is 0.493 e. The summed E-state index contributed by atoms with van der Waals surface area (Å²) in [4.78, 5) is 8.16. The van der Waals surface area contributed by atoms with Crippen LogP contribution in [0, 0.1) is 5.92 Å². The van der Waals surface area contributed by atoms with Crippen LogP contribution < -0.4 is 15.2 Å². The fourth-order valence-corrected chi connectivity index (χ4v) is 2.57. The monoisotopic (exact) mass is 271 g/mol. The van der Waals surface area contributed by atoms with Crippen LogP contribution in [0.3, 0.4) is 0 Å². The molecular formula is C15H17N3O2. The fourth-order valence-electron chi connectivity index (χ4n) is 2.57. The number of anilines is 1. The van der Waals surface area contributed by atoms with E-state index in [2.05, 4.69) is 16.0 Å². The van der Waals surface area contributed by atoms with Crippen LogP contribution >= 0.6 is 0 Å². The lowest BCUT2D eigenvalue weighted by atomic mass is 9.92. The number of para-hydroxylation sites is 1. The molecule has 20 heavy (non-hydrogen) atoms. The lowest BCUT2D eigenvalue weighted by Gasteiger charge is -2.26.